The van der Waals surface area contributed by atoms with Gasteiger partial charge in [-0.05, 0) is 37.8 Å². The summed E-state index contributed by atoms with van der Waals surface area (Å²) in [6.07, 6.45) is -0.518. The third-order valence-corrected chi connectivity index (χ3v) is 5.40. The summed E-state index contributed by atoms with van der Waals surface area (Å²) in [7, 11) is 0. The Kier molecular flexibility index (Phi) is 7.05. The molecular formula is C21H23F4N3O4. The topological polar surface area (TPSA) is 93.2 Å². The summed E-state index contributed by atoms with van der Waals surface area (Å²) in [5.41, 5.74) is -2.13. The molecule has 0 amide bonds. The fourth-order valence-corrected chi connectivity index (χ4v) is 3.89. The highest BCUT2D eigenvalue weighted by atomic mass is 19.3. The van der Waals surface area contributed by atoms with Crippen LogP contribution in [0.25, 0.3) is 5.69 Å². The van der Waals surface area contributed by atoms with Crippen LogP contribution in [0.4, 0.5) is 23.4 Å². The van der Waals surface area contributed by atoms with Crippen molar-refractivity contribution in [2.24, 2.45) is 5.92 Å². The van der Waals surface area contributed by atoms with Crippen molar-refractivity contribution in [3.05, 3.63) is 56.7 Å². The van der Waals surface area contributed by atoms with Crippen LogP contribution in [0.2, 0.25) is 0 Å². The zero-order chi connectivity index (χ0) is 23.5. The molecule has 2 aromatic rings. The van der Waals surface area contributed by atoms with Crippen molar-refractivity contribution in [3.8, 4) is 5.69 Å². The van der Waals surface area contributed by atoms with Crippen LogP contribution in [0.15, 0.2) is 33.9 Å². The maximum absolute atomic E-state index is 13.6. The number of aromatic nitrogens is 2. The van der Waals surface area contributed by atoms with Gasteiger partial charge in [0.15, 0.2) is 0 Å². The summed E-state index contributed by atoms with van der Waals surface area (Å²) < 4.78 is 59.6. The maximum atomic E-state index is 13.6. The number of carbonyl (C=O) groups excluding carboxylic acids is 1. The number of anilines is 1. The number of nitrogens with zero attached hydrogens (tertiary/aromatic N) is 1. The first-order chi connectivity index (χ1) is 15.1. The van der Waals surface area contributed by atoms with Crippen molar-refractivity contribution in [1.29, 1.82) is 0 Å². The first kappa shape index (κ1) is 23.6. The zero-order valence-corrected chi connectivity index (χ0v) is 17.3. The van der Waals surface area contributed by atoms with Gasteiger partial charge in [-0.3, -0.25) is 14.6 Å². The van der Waals surface area contributed by atoms with Gasteiger partial charge in [0.2, 0.25) is 5.92 Å². The molecule has 1 aliphatic rings. The summed E-state index contributed by atoms with van der Waals surface area (Å²) in [6.45, 7) is 1.78. The molecule has 1 aliphatic carbocycles. The molecule has 174 valence electrons. The fourth-order valence-electron chi connectivity index (χ4n) is 3.89. The van der Waals surface area contributed by atoms with Gasteiger partial charge in [-0.15, -0.1) is 0 Å². The number of hydrogen-bond acceptors (Lipinski definition) is 5. The molecule has 1 saturated carbocycles. The molecule has 1 fully saturated rings. The Morgan fingerprint density at radius 3 is 2.38 bits per heavy atom. The number of benzene rings is 1. The summed E-state index contributed by atoms with van der Waals surface area (Å²) in [4.78, 5) is 39.4. The summed E-state index contributed by atoms with van der Waals surface area (Å²) in [5, 5.41) is 2.89. The van der Waals surface area contributed by atoms with E-state index in [0.717, 1.165) is 18.2 Å². The molecule has 0 bridgehead atoms. The first-order valence-electron chi connectivity index (χ1n) is 10.2. The lowest BCUT2D eigenvalue weighted by molar-refractivity contribution is -0.143. The van der Waals surface area contributed by atoms with Crippen molar-refractivity contribution in [2.45, 2.75) is 51.0 Å². The molecule has 0 spiro atoms. The second kappa shape index (κ2) is 9.58. The van der Waals surface area contributed by atoms with Gasteiger partial charge in [-0.1, -0.05) is 0 Å². The summed E-state index contributed by atoms with van der Waals surface area (Å²) >= 11 is 0. The number of halogens is 4. The van der Waals surface area contributed by atoms with Gasteiger partial charge in [-0.25, -0.2) is 26.9 Å². The van der Waals surface area contributed by atoms with Crippen LogP contribution in [0.3, 0.4) is 0 Å². The van der Waals surface area contributed by atoms with Crippen molar-refractivity contribution >= 4 is 11.8 Å². The van der Waals surface area contributed by atoms with Gasteiger partial charge in [0.25, 0.3) is 5.56 Å². The van der Waals surface area contributed by atoms with E-state index in [4.69, 9.17) is 4.74 Å². The lowest BCUT2D eigenvalue weighted by atomic mass is 9.81. The number of ether oxygens (including phenoxy) is 1. The molecule has 0 radical (unpaired) electrons. The average molecular weight is 457 g/mol. The van der Waals surface area contributed by atoms with Crippen molar-refractivity contribution in [1.82, 2.24) is 9.55 Å². The summed E-state index contributed by atoms with van der Waals surface area (Å²) in [5.74, 6) is -5.59. The number of H-pyrrole nitrogens is 1. The van der Waals surface area contributed by atoms with Crippen molar-refractivity contribution in [2.75, 3.05) is 11.9 Å². The third kappa shape index (κ3) is 5.77. The predicted octanol–water partition coefficient (Wildman–Crippen LogP) is 3.36. The standard InChI is InChI=1S/C21H23F4N3O4/c1-2-32-19(30)10-16(12-3-5-21(24,25)6-4-12)26-17-11-18(29)28(20(31)27-17)15-8-13(22)7-14(23)9-15/h7-9,11-12,16,26H,2-6,10H2,1H3,(H,27,31)/t16-/m1/s1. The van der Waals surface area contributed by atoms with E-state index < -0.39 is 40.8 Å². The quantitative estimate of drug-likeness (QED) is 0.491. The Hall–Kier alpha value is -3.11. The number of hydrogen-bond donors (Lipinski definition) is 2. The molecule has 7 nitrogen and oxygen atoms in total. The van der Waals surface area contributed by atoms with Crippen LogP contribution in [0.1, 0.15) is 39.0 Å². The minimum atomic E-state index is -2.76. The minimum Gasteiger partial charge on any atom is -0.466 e. The molecule has 2 N–H and O–H groups in total. The Morgan fingerprint density at radius 2 is 1.81 bits per heavy atom. The number of aromatic amines is 1. The number of nitrogens with one attached hydrogen (secondary N) is 2. The number of esters is 1. The maximum Gasteiger partial charge on any atom is 0.334 e. The second-order valence-electron chi connectivity index (χ2n) is 7.74. The summed E-state index contributed by atoms with van der Waals surface area (Å²) in [6, 6.07) is 2.60. The van der Waals surface area contributed by atoms with E-state index in [0.29, 0.717) is 10.6 Å². The number of rotatable bonds is 7. The number of carbonyl (C=O) groups is 1. The minimum absolute atomic E-state index is 0.0419. The van der Waals surface area contributed by atoms with Crippen LogP contribution in [0.5, 0.6) is 0 Å². The van der Waals surface area contributed by atoms with Gasteiger partial charge in [0.05, 0.1) is 18.7 Å². The van der Waals surface area contributed by atoms with Crippen molar-refractivity contribution < 1.29 is 27.1 Å². The molecule has 0 unspecified atom stereocenters. The van der Waals surface area contributed by atoms with Gasteiger partial charge in [0.1, 0.15) is 17.5 Å². The van der Waals surface area contributed by atoms with Crippen LogP contribution < -0.4 is 16.6 Å². The molecule has 0 aliphatic heterocycles. The fraction of sp³-hybridized carbons (Fsp3) is 0.476. The monoisotopic (exact) mass is 457 g/mol. The molecule has 0 saturated heterocycles. The van der Waals surface area contributed by atoms with E-state index in [1.807, 2.05) is 0 Å². The lowest BCUT2D eigenvalue weighted by Crippen LogP contribution is -2.39. The van der Waals surface area contributed by atoms with Crippen LogP contribution in [-0.2, 0) is 9.53 Å². The Balaban J connectivity index is 1.88. The van der Waals surface area contributed by atoms with Gasteiger partial charge < -0.3 is 10.1 Å². The highest BCUT2D eigenvalue weighted by Crippen LogP contribution is 2.38. The van der Waals surface area contributed by atoms with Gasteiger partial charge >= 0.3 is 11.7 Å². The first-order valence-corrected chi connectivity index (χ1v) is 10.2. The molecule has 1 atom stereocenters. The predicted molar refractivity (Wildman–Crippen MR) is 108 cm³/mol. The number of alkyl halides is 2. The molecule has 1 aromatic heterocycles. The van der Waals surface area contributed by atoms with Crippen LogP contribution >= 0.6 is 0 Å². The largest absolute Gasteiger partial charge is 0.466 e. The molecule has 32 heavy (non-hydrogen) atoms. The van der Waals surface area contributed by atoms with E-state index in [2.05, 4.69) is 10.3 Å². The molecule has 1 heterocycles. The molecular weight excluding hydrogens is 434 g/mol. The molecule has 11 heteroatoms. The Bertz CT molecular complexity index is 1040. The molecule has 1 aromatic carbocycles. The molecule has 3 rings (SSSR count). The average Bonchev–Trinajstić information content (AvgIpc) is 2.66. The second-order valence-corrected chi connectivity index (χ2v) is 7.74. The highest BCUT2D eigenvalue weighted by Gasteiger charge is 2.38. The smallest absolute Gasteiger partial charge is 0.334 e. The highest BCUT2D eigenvalue weighted by molar-refractivity contribution is 5.70. The third-order valence-electron chi connectivity index (χ3n) is 5.40. The van der Waals surface area contributed by atoms with Crippen LogP contribution in [0, 0.1) is 17.6 Å². The van der Waals surface area contributed by atoms with E-state index in [1.54, 1.807) is 6.92 Å². The van der Waals surface area contributed by atoms with Crippen molar-refractivity contribution in [3.63, 3.8) is 0 Å². The van der Waals surface area contributed by atoms with E-state index in [-0.39, 0.29) is 56.1 Å². The lowest BCUT2D eigenvalue weighted by Gasteiger charge is -2.34. The Morgan fingerprint density at radius 1 is 1.19 bits per heavy atom. The Labute approximate surface area is 180 Å². The van der Waals surface area contributed by atoms with Crippen LogP contribution in [-0.4, -0.2) is 34.1 Å². The van der Waals surface area contributed by atoms with Gasteiger partial charge in [-0.2, -0.15) is 0 Å². The van der Waals surface area contributed by atoms with E-state index in [1.165, 1.54) is 0 Å². The van der Waals surface area contributed by atoms with E-state index in [9.17, 15) is 31.9 Å². The van der Waals surface area contributed by atoms with Gasteiger partial charge in [0, 0.05) is 31.0 Å². The van der Waals surface area contributed by atoms with E-state index >= 15 is 0 Å². The SMILES string of the molecule is CCOC(=O)C[C@@H](Nc1cc(=O)n(-c2cc(F)cc(F)c2)c(=O)[nH]1)C1CCC(F)(F)CC1. The zero-order valence-electron chi connectivity index (χ0n) is 17.3. The normalized spacial score (nSPS) is 17.0.